The molecule has 0 bridgehead atoms. The van der Waals surface area contributed by atoms with Crippen LogP contribution in [-0.4, -0.2) is 32.2 Å². The van der Waals surface area contributed by atoms with E-state index in [1.807, 2.05) is 13.8 Å². The third-order valence-electron chi connectivity index (χ3n) is 1.61. The molecule has 0 aliphatic rings. The van der Waals surface area contributed by atoms with Crippen molar-refractivity contribution in [2.45, 2.75) is 26.3 Å². The Morgan fingerprint density at radius 2 is 2.15 bits per heavy atom. The molecule has 0 spiro atoms. The van der Waals surface area contributed by atoms with E-state index in [2.05, 4.69) is 5.32 Å². The minimum absolute atomic E-state index is 0.0120. The Hall–Kier alpha value is -0.610. The summed E-state index contributed by atoms with van der Waals surface area (Å²) in [4.78, 5) is 11.1. The Bertz CT molecular complexity index is 149. The van der Waals surface area contributed by atoms with Crippen LogP contribution in [0.2, 0.25) is 0 Å². The van der Waals surface area contributed by atoms with E-state index in [1.165, 1.54) is 0 Å². The number of nitrogens with two attached hydrogens (primary N) is 1. The SMILES string of the molecule is COCC(C)CNC(=O)CC(C)N. The van der Waals surface area contributed by atoms with Gasteiger partial charge in [0.05, 0.1) is 6.61 Å². The summed E-state index contributed by atoms with van der Waals surface area (Å²) >= 11 is 0. The van der Waals surface area contributed by atoms with E-state index in [4.69, 9.17) is 10.5 Å². The second kappa shape index (κ2) is 6.86. The number of carbonyl (C=O) groups excluding carboxylic acids is 1. The van der Waals surface area contributed by atoms with Crippen LogP contribution in [0, 0.1) is 5.92 Å². The van der Waals surface area contributed by atoms with Crippen LogP contribution in [0.1, 0.15) is 20.3 Å². The standard InChI is InChI=1S/C9H20N2O2/c1-7(6-13-3)5-11-9(12)4-8(2)10/h7-8H,4-6,10H2,1-3H3,(H,11,12). The number of carbonyl (C=O) groups is 1. The lowest BCUT2D eigenvalue weighted by molar-refractivity contribution is -0.121. The highest BCUT2D eigenvalue weighted by Crippen LogP contribution is 1.93. The molecule has 0 fully saturated rings. The largest absolute Gasteiger partial charge is 0.384 e. The Labute approximate surface area is 79.8 Å². The lowest BCUT2D eigenvalue weighted by Crippen LogP contribution is -2.33. The molecule has 0 heterocycles. The smallest absolute Gasteiger partial charge is 0.221 e. The third kappa shape index (κ3) is 7.74. The van der Waals surface area contributed by atoms with Crippen molar-refractivity contribution in [2.24, 2.45) is 11.7 Å². The number of ether oxygens (including phenoxy) is 1. The monoisotopic (exact) mass is 188 g/mol. The van der Waals surface area contributed by atoms with Crippen LogP contribution < -0.4 is 11.1 Å². The second-order valence-electron chi connectivity index (χ2n) is 3.55. The molecule has 0 saturated carbocycles. The molecule has 2 unspecified atom stereocenters. The van der Waals surface area contributed by atoms with Crippen LogP contribution >= 0.6 is 0 Å². The number of amides is 1. The van der Waals surface area contributed by atoms with Crippen molar-refractivity contribution in [1.82, 2.24) is 5.32 Å². The van der Waals surface area contributed by atoms with E-state index in [1.54, 1.807) is 7.11 Å². The van der Waals surface area contributed by atoms with Gasteiger partial charge in [0.25, 0.3) is 0 Å². The predicted molar refractivity (Wildman–Crippen MR) is 52.3 cm³/mol. The lowest BCUT2D eigenvalue weighted by atomic mass is 10.2. The molecule has 3 N–H and O–H groups in total. The fraction of sp³-hybridized carbons (Fsp3) is 0.889. The van der Waals surface area contributed by atoms with E-state index < -0.39 is 0 Å². The van der Waals surface area contributed by atoms with Crippen molar-refractivity contribution < 1.29 is 9.53 Å². The van der Waals surface area contributed by atoms with Crippen molar-refractivity contribution in [3.8, 4) is 0 Å². The fourth-order valence-electron chi connectivity index (χ4n) is 0.996. The summed E-state index contributed by atoms with van der Waals surface area (Å²) in [5.41, 5.74) is 5.47. The van der Waals surface area contributed by atoms with E-state index in [0.717, 1.165) is 0 Å². The molecule has 1 amide bonds. The first-order valence-corrected chi connectivity index (χ1v) is 4.57. The van der Waals surface area contributed by atoms with E-state index >= 15 is 0 Å². The summed E-state index contributed by atoms with van der Waals surface area (Å²) in [5.74, 6) is 0.361. The summed E-state index contributed by atoms with van der Waals surface area (Å²) in [6.45, 7) is 5.16. The summed E-state index contributed by atoms with van der Waals surface area (Å²) in [6.07, 6.45) is 0.389. The van der Waals surface area contributed by atoms with Gasteiger partial charge in [-0.1, -0.05) is 6.92 Å². The summed E-state index contributed by atoms with van der Waals surface area (Å²) < 4.78 is 4.94. The number of hydrogen-bond donors (Lipinski definition) is 2. The van der Waals surface area contributed by atoms with Crippen LogP contribution in [0.5, 0.6) is 0 Å². The van der Waals surface area contributed by atoms with Gasteiger partial charge in [0, 0.05) is 26.1 Å². The maximum Gasteiger partial charge on any atom is 0.221 e. The van der Waals surface area contributed by atoms with Gasteiger partial charge in [-0.25, -0.2) is 0 Å². The lowest BCUT2D eigenvalue weighted by Gasteiger charge is -2.12. The first-order valence-electron chi connectivity index (χ1n) is 4.57. The highest BCUT2D eigenvalue weighted by atomic mass is 16.5. The molecule has 0 aromatic carbocycles. The Morgan fingerprint density at radius 3 is 2.62 bits per heavy atom. The van der Waals surface area contributed by atoms with Gasteiger partial charge in [0.1, 0.15) is 0 Å². The van der Waals surface area contributed by atoms with Crippen molar-refractivity contribution in [1.29, 1.82) is 0 Å². The number of nitrogens with one attached hydrogen (secondary N) is 1. The van der Waals surface area contributed by atoms with Gasteiger partial charge >= 0.3 is 0 Å². The third-order valence-corrected chi connectivity index (χ3v) is 1.61. The molecule has 0 aromatic heterocycles. The van der Waals surface area contributed by atoms with Gasteiger partial charge in [-0.2, -0.15) is 0 Å². The van der Waals surface area contributed by atoms with Crippen LogP contribution in [0.25, 0.3) is 0 Å². The van der Waals surface area contributed by atoms with Crippen molar-refractivity contribution >= 4 is 5.91 Å². The maximum atomic E-state index is 11.1. The highest BCUT2D eigenvalue weighted by Gasteiger charge is 2.06. The first kappa shape index (κ1) is 12.4. The maximum absolute atomic E-state index is 11.1. The van der Waals surface area contributed by atoms with Crippen molar-refractivity contribution in [3.63, 3.8) is 0 Å². The van der Waals surface area contributed by atoms with Crippen LogP contribution in [-0.2, 0) is 9.53 Å². The van der Waals surface area contributed by atoms with Gasteiger partial charge in [-0.15, -0.1) is 0 Å². The van der Waals surface area contributed by atoms with Gasteiger partial charge in [-0.3, -0.25) is 4.79 Å². The minimum Gasteiger partial charge on any atom is -0.384 e. The normalized spacial score (nSPS) is 15.1. The molecule has 0 aliphatic carbocycles. The predicted octanol–water partition coefficient (Wildman–Crippen LogP) is 0.122. The molecular weight excluding hydrogens is 168 g/mol. The summed E-state index contributed by atoms with van der Waals surface area (Å²) in [7, 11) is 1.65. The van der Waals surface area contributed by atoms with Gasteiger partial charge in [0.2, 0.25) is 5.91 Å². The Morgan fingerprint density at radius 1 is 1.54 bits per heavy atom. The van der Waals surface area contributed by atoms with E-state index in [9.17, 15) is 4.79 Å². The van der Waals surface area contributed by atoms with Crippen molar-refractivity contribution in [2.75, 3.05) is 20.3 Å². The molecule has 0 saturated heterocycles. The van der Waals surface area contributed by atoms with Gasteiger partial charge < -0.3 is 15.8 Å². The Kier molecular flexibility index (Phi) is 6.54. The molecule has 78 valence electrons. The molecule has 0 rings (SSSR count). The van der Waals surface area contributed by atoms with E-state index in [0.29, 0.717) is 25.5 Å². The van der Waals surface area contributed by atoms with E-state index in [-0.39, 0.29) is 11.9 Å². The zero-order valence-electron chi connectivity index (χ0n) is 8.67. The molecule has 0 radical (unpaired) electrons. The summed E-state index contributed by atoms with van der Waals surface area (Å²) in [5, 5.41) is 2.80. The topological polar surface area (TPSA) is 64.3 Å². The number of rotatable bonds is 6. The Balaban J connectivity index is 3.46. The fourth-order valence-corrected chi connectivity index (χ4v) is 0.996. The second-order valence-corrected chi connectivity index (χ2v) is 3.55. The van der Waals surface area contributed by atoms with Crippen LogP contribution in [0.4, 0.5) is 0 Å². The molecule has 4 nitrogen and oxygen atoms in total. The number of hydrogen-bond acceptors (Lipinski definition) is 3. The molecule has 4 heteroatoms. The first-order chi connectivity index (χ1) is 6.06. The molecule has 0 aromatic rings. The van der Waals surface area contributed by atoms with Gasteiger partial charge in [0.15, 0.2) is 0 Å². The molecule has 2 atom stereocenters. The average molecular weight is 188 g/mol. The molecule has 0 aliphatic heterocycles. The quantitative estimate of drug-likeness (QED) is 0.622. The van der Waals surface area contributed by atoms with Crippen LogP contribution in [0.3, 0.4) is 0 Å². The van der Waals surface area contributed by atoms with Crippen molar-refractivity contribution in [3.05, 3.63) is 0 Å². The molecular formula is C9H20N2O2. The van der Waals surface area contributed by atoms with Crippen LogP contribution in [0.15, 0.2) is 0 Å². The highest BCUT2D eigenvalue weighted by molar-refractivity contribution is 5.76. The zero-order chi connectivity index (χ0) is 10.3. The average Bonchev–Trinajstić information content (AvgIpc) is 2.00. The zero-order valence-corrected chi connectivity index (χ0v) is 8.67. The summed E-state index contributed by atoms with van der Waals surface area (Å²) in [6, 6.07) is -0.0715. The molecule has 13 heavy (non-hydrogen) atoms. The number of methoxy groups -OCH3 is 1. The van der Waals surface area contributed by atoms with Gasteiger partial charge in [-0.05, 0) is 12.8 Å². The minimum atomic E-state index is -0.0715.